The maximum absolute atomic E-state index is 16.6. The number of methoxy groups -OCH3 is 1. The molecular formula is C40H45FN4O7Si. The Morgan fingerprint density at radius 3 is 2.53 bits per heavy atom. The molecule has 0 aliphatic carbocycles. The van der Waals surface area contributed by atoms with Gasteiger partial charge in [-0.05, 0) is 67.7 Å². The highest BCUT2D eigenvalue weighted by atomic mass is 28.4. The van der Waals surface area contributed by atoms with Gasteiger partial charge in [-0.2, -0.15) is 9.78 Å². The fourth-order valence-corrected chi connectivity index (χ4v) is 11.3. The SMILES string of the molecule is COC(=O)CCCCN1C(=O)[C@@]2(O[C@@H](CC(=O)N3Cc4ccccc4C[C@H]3CO)[C@H]([Si](C)(C)F)[C@H]2C)c2cc(-n3ncc4ccccc4c3=O)ccc21. The summed E-state index contributed by atoms with van der Waals surface area (Å²) < 4.78 is 29.6. The predicted octanol–water partition coefficient (Wildman–Crippen LogP) is 5.19. The first-order valence-electron chi connectivity index (χ1n) is 18.2. The zero-order valence-corrected chi connectivity index (χ0v) is 31.5. The molecule has 5 atom stereocenters. The first-order chi connectivity index (χ1) is 25.4. The maximum atomic E-state index is 16.6. The molecule has 11 nitrogen and oxygen atoms in total. The Labute approximate surface area is 308 Å². The Bertz CT molecular complexity index is 2140. The van der Waals surface area contributed by atoms with Gasteiger partial charge in [0.15, 0.2) is 5.60 Å². The summed E-state index contributed by atoms with van der Waals surface area (Å²) in [5, 5.41) is 15.9. The van der Waals surface area contributed by atoms with Gasteiger partial charge in [0, 0.05) is 41.9 Å². The number of rotatable bonds is 10. The van der Waals surface area contributed by atoms with Crippen molar-refractivity contribution in [3.05, 3.63) is 100.0 Å². The lowest BCUT2D eigenvalue weighted by molar-refractivity contribution is -0.151. The van der Waals surface area contributed by atoms with Crippen LogP contribution in [-0.2, 0) is 42.4 Å². The summed E-state index contributed by atoms with van der Waals surface area (Å²) >= 11 is 0. The third kappa shape index (κ3) is 6.38. The van der Waals surface area contributed by atoms with Gasteiger partial charge in [-0.1, -0.05) is 49.4 Å². The van der Waals surface area contributed by atoms with E-state index in [1.165, 1.54) is 11.8 Å². The van der Waals surface area contributed by atoms with Crippen molar-refractivity contribution in [2.45, 2.75) is 82.0 Å². The van der Waals surface area contributed by atoms with Crippen molar-refractivity contribution in [3.63, 3.8) is 0 Å². The van der Waals surface area contributed by atoms with E-state index in [2.05, 4.69) is 5.10 Å². The van der Waals surface area contributed by atoms with Crippen molar-refractivity contribution in [1.82, 2.24) is 14.7 Å². The quantitative estimate of drug-likeness (QED) is 0.102. The number of carbonyl (C=O) groups excluding carboxylic acids is 3. The van der Waals surface area contributed by atoms with Crippen molar-refractivity contribution < 1.29 is 33.1 Å². The van der Waals surface area contributed by atoms with Crippen LogP contribution >= 0.6 is 0 Å². The Kier molecular flexibility index (Phi) is 9.85. The molecule has 2 amide bonds. The molecule has 278 valence electrons. The van der Waals surface area contributed by atoms with Gasteiger partial charge in [-0.3, -0.25) is 19.2 Å². The number of hydrogen-bond acceptors (Lipinski definition) is 8. The van der Waals surface area contributed by atoms with E-state index < -0.39 is 37.6 Å². The van der Waals surface area contributed by atoms with E-state index in [1.54, 1.807) is 59.4 Å². The van der Waals surface area contributed by atoms with E-state index in [0.29, 0.717) is 53.5 Å². The summed E-state index contributed by atoms with van der Waals surface area (Å²) in [6.07, 6.45) is 2.19. The monoisotopic (exact) mass is 740 g/mol. The third-order valence-electron chi connectivity index (χ3n) is 11.4. The molecule has 3 aliphatic rings. The van der Waals surface area contributed by atoms with Gasteiger partial charge in [0.1, 0.15) is 0 Å². The largest absolute Gasteiger partial charge is 0.469 e. The second-order valence-electron chi connectivity index (χ2n) is 14.9. The topological polar surface area (TPSA) is 131 Å². The van der Waals surface area contributed by atoms with Crippen molar-refractivity contribution in [3.8, 4) is 5.69 Å². The van der Waals surface area contributed by atoms with E-state index in [1.807, 2.05) is 43.3 Å². The Hall–Kier alpha value is -4.72. The van der Waals surface area contributed by atoms with E-state index >= 15 is 4.11 Å². The Balaban J connectivity index is 1.28. The predicted molar refractivity (Wildman–Crippen MR) is 200 cm³/mol. The smallest absolute Gasteiger partial charge is 0.305 e. The lowest BCUT2D eigenvalue weighted by Crippen LogP contribution is -2.48. The summed E-state index contributed by atoms with van der Waals surface area (Å²) in [6.45, 7) is 5.35. The van der Waals surface area contributed by atoms with Gasteiger partial charge in [-0.25, -0.2) is 0 Å². The van der Waals surface area contributed by atoms with E-state index in [0.717, 1.165) is 11.1 Å². The molecule has 3 aromatic carbocycles. The molecule has 4 heterocycles. The highest BCUT2D eigenvalue weighted by Gasteiger charge is 2.67. The number of anilines is 1. The van der Waals surface area contributed by atoms with Gasteiger partial charge in [0.2, 0.25) is 14.3 Å². The van der Waals surface area contributed by atoms with Crippen LogP contribution in [0.15, 0.2) is 77.7 Å². The Morgan fingerprint density at radius 2 is 1.79 bits per heavy atom. The zero-order chi connectivity index (χ0) is 37.7. The van der Waals surface area contributed by atoms with Gasteiger partial charge in [-0.15, -0.1) is 0 Å². The van der Waals surface area contributed by atoms with Crippen LogP contribution in [0.1, 0.15) is 49.3 Å². The molecule has 3 aliphatic heterocycles. The van der Waals surface area contributed by atoms with E-state index in [-0.39, 0.29) is 49.3 Å². The molecule has 1 saturated heterocycles. The van der Waals surface area contributed by atoms with Crippen LogP contribution in [0, 0.1) is 5.92 Å². The third-order valence-corrected chi connectivity index (χ3v) is 13.8. The van der Waals surface area contributed by atoms with Crippen molar-refractivity contribution in [2.24, 2.45) is 5.92 Å². The lowest BCUT2D eigenvalue weighted by atomic mass is 9.82. The van der Waals surface area contributed by atoms with Gasteiger partial charge >= 0.3 is 5.97 Å². The number of nitrogens with zero attached hydrogens (tertiary/aromatic N) is 4. The summed E-state index contributed by atoms with van der Waals surface area (Å²) in [5.74, 6) is -1.66. The number of fused-ring (bicyclic) bond motifs is 4. The molecule has 0 unspecified atom stereocenters. The zero-order valence-electron chi connectivity index (χ0n) is 30.5. The minimum atomic E-state index is -3.62. The number of unbranched alkanes of at least 4 members (excludes halogenated alkanes) is 1. The molecule has 1 spiro atoms. The molecule has 4 aromatic rings. The molecule has 0 bridgehead atoms. The van der Waals surface area contributed by atoms with Gasteiger partial charge in [0.05, 0.1) is 55.2 Å². The fraction of sp³-hybridized carbons (Fsp3) is 0.425. The van der Waals surface area contributed by atoms with Crippen molar-refractivity contribution >= 4 is 42.7 Å². The van der Waals surface area contributed by atoms with Crippen molar-refractivity contribution in [1.29, 1.82) is 0 Å². The minimum Gasteiger partial charge on any atom is -0.469 e. The highest BCUT2D eigenvalue weighted by molar-refractivity contribution is 6.72. The molecular weight excluding hydrogens is 696 g/mol. The Morgan fingerprint density at radius 1 is 1.06 bits per heavy atom. The number of hydrogen-bond donors (Lipinski definition) is 1. The molecule has 1 N–H and O–H groups in total. The second-order valence-corrected chi connectivity index (χ2v) is 18.7. The molecule has 53 heavy (non-hydrogen) atoms. The number of benzene rings is 3. The number of aromatic nitrogens is 2. The van der Waals surface area contributed by atoms with Crippen LogP contribution in [0.3, 0.4) is 0 Å². The minimum absolute atomic E-state index is 0.164. The summed E-state index contributed by atoms with van der Waals surface area (Å²) in [7, 11) is -2.28. The summed E-state index contributed by atoms with van der Waals surface area (Å²) in [4.78, 5) is 57.9. The molecule has 1 fully saturated rings. The molecule has 0 saturated carbocycles. The second kappa shape index (κ2) is 14.3. The van der Waals surface area contributed by atoms with Gasteiger partial charge < -0.3 is 28.5 Å². The standard InChI is InChI=1S/C40H45FN4O7Si/c1-25-37(53(3,4)41)34(21-35(47)44-23-28-13-6-5-11-26(28)19-30(44)24-46)52-40(25)32-20-29(45-38(49)31-14-8-7-12-27(31)22-42-45)16-17-33(32)43(39(40)50)18-10-9-15-36(48)51-2/h5-8,11-14,16-17,20,22,25,30,34,37,46H,9-10,15,18-19,21,23-24H2,1-4H3/t25-,30+,34+,37-,40+/m1/s1. The molecule has 13 heteroatoms. The van der Waals surface area contributed by atoms with Gasteiger partial charge in [0.25, 0.3) is 11.5 Å². The van der Waals surface area contributed by atoms with Crippen LogP contribution in [0.25, 0.3) is 16.5 Å². The highest BCUT2D eigenvalue weighted by Crippen LogP contribution is 2.60. The van der Waals surface area contributed by atoms with E-state index in [9.17, 15) is 24.3 Å². The van der Waals surface area contributed by atoms with Crippen LogP contribution in [0.2, 0.25) is 18.6 Å². The average molecular weight is 741 g/mol. The first-order valence-corrected chi connectivity index (χ1v) is 21.2. The number of carbonyl (C=O) groups is 3. The number of esters is 1. The number of amides is 2. The number of aliphatic hydroxyl groups is 1. The van der Waals surface area contributed by atoms with Crippen LogP contribution in [0.4, 0.5) is 9.80 Å². The van der Waals surface area contributed by atoms with Crippen LogP contribution < -0.4 is 10.5 Å². The van der Waals surface area contributed by atoms with E-state index in [4.69, 9.17) is 9.47 Å². The normalized spacial score (nSPS) is 23.8. The number of halogens is 1. The van der Waals surface area contributed by atoms with Crippen LogP contribution in [-0.4, -0.2) is 78.4 Å². The van der Waals surface area contributed by atoms with Crippen LogP contribution in [0.5, 0.6) is 0 Å². The fourth-order valence-electron chi connectivity index (χ4n) is 8.84. The summed E-state index contributed by atoms with van der Waals surface area (Å²) in [6, 6.07) is 19.8. The lowest BCUT2D eigenvalue weighted by Gasteiger charge is -2.37. The first kappa shape index (κ1) is 36.6. The van der Waals surface area contributed by atoms with Crippen molar-refractivity contribution in [2.75, 3.05) is 25.2 Å². The number of aliphatic hydroxyl groups excluding tert-OH is 1. The number of ether oxygens (including phenoxy) is 2. The summed E-state index contributed by atoms with van der Waals surface area (Å²) in [5.41, 5.74) is 0.818. The molecule has 7 rings (SSSR count). The maximum Gasteiger partial charge on any atom is 0.305 e. The molecule has 0 radical (unpaired) electrons. The molecule has 1 aromatic heterocycles. The average Bonchev–Trinajstić information content (AvgIpc) is 3.58.